The average Bonchev–Trinajstić information content (AvgIpc) is 3.10. The Morgan fingerprint density at radius 2 is 1.75 bits per heavy atom. The van der Waals surface area contributed by atoms with E-state index in [0.717, 1.165) is 56.2 Å². The van der Waals surface area contributed by atoms with Crippen LogP contribution in [-0.4, -0.2) is 102 Å². The molecule has 6 rings (SSSR count). The van der Waals surface area contributed by atoms with E-state index in [4.69, 9.17) is 40.6 Å². The van der Waals surface area contributed by atoms with Crippen LogP contribution >= 0.6 is 12.2 Å². The molecular weight excluding hydrogens is 682 g/mol. The monoisotopic (exact) mass is 727 g/mol. The molecule has 2 aromatic rings. The second-order valence-electron chi connectivity index (χ2n) is 12.9. The number of carbonyl (C=O) groups is 4. The largest absolute Gasteiger partial charge is 0.497 e. The van der Waals surface area contributed by atoms with Gasteiger partial charge in [0.15, 0.2) is 29.7 Å². The number of nitrogens with one attached hydrogen (secondary N) is 3. The zero-order valence-electron chi connectivity index (χ0n) is 29.3. The highest BCUT2D eigenvalue weighted by Gasteiger charge is 2.52. The van der Waals surface area contributed by atoms with Crippen molar-refractivity contribution in [3.8, 4) is 5.75 Å². The van der Waals surface area contributed by atoms with Gasteiger partial charge in [-0.3, -0.25) is 34.5 Å². The third-order valence-electron chi connectivity index (χ3n) is 9.46. The van der Waals surface area contributed by atoms with Gasteiger partial charge in [0, 0.05) is 51.9 Å². The smallest absolute Gasteiger partial charge is 0.303 e. The maximum atomic E-state index is 12.3. The van der Waals surface area contributed by atoms with Gasteiger partial charge in [0.2, 0.25) is 0 Å². The molecule has 4 aliphatic heterocycles. The fourth-order valence-electron chi connectivity index (χ4n) is 7.31. The fraction of sp³-hybridized carbons (Fsp3) is 0.543. The maximum Gasteiger partial charge on any atom is 0.303 e. The summed E-state index contributed by atoms with van der Waals surface area (Å²) in [6.45, 7) is 10.2. The molecule has 4 aliphatic rings. The first kappa shape index (κ1) is 37.9. The second kappa shape index (κ2) is 16.8. The van der Waals surface area contributed by atoms with Crippen molar-refractivity contribution in [1.82, 2.24) is 26.1 Å². The minimum Gasteiger partial charge on any atom is -0.497 e. The Balaban J connectivity index is 1.43. The normalized spacial score (nSPS) is 28.8. The van der Waals surface area contributed by atoms with Crippen molar-refractivity contribution >= 4 is 52.1 Å². The first-order chi connectivity index (χ1) is 24.4. The minimum atomic E-state index is -1.33. The molecule has 51 heavy (non-hydrogen) atoms. The molecule has 5 heterocycles. The van der Waals surface area contributed by atoms with Crippen LogP contribution in [0.2, 0.25) is 0 Å². The van der Waals surface area contributed by atoms with Crippen molar-refractivity contribution in [3.05, 3.63) is 48.7 Å². The van der Waals surface area contributed by atoms with Crippen LogP contribution in [0.15, 0.2) is 43.1 Å². The lowest BCUT2D eigenvalue weighted by atomic mass is 9.73. The Hall–Kier alpha value is -4.38. The molecule has 3 N–H and O–H groups in total. The van der Waals surface area contributed by atoms with Crippen molar-refractivity contribution in [2.45, 2.75) is 83.3 Å². The number of rotatable bonds is 12. The molecule has 1 aromatic heterocycles. The predicted molar refractivity (Wildman–Crippen MR) is 187 cm³/mol. The molecule has 0 radical (unpaired) electrons. The molecule has 15 nitrogen and oxygen atoms in total. The highest BCUT2D eigenvalue weighted by molar-refractivity contribution is 7.80. The van der Waals surface area contributed by atoms with Gasteiger partial charge in [0.25, 0.3) is 0 Å². The molecule has 276 valence electrons. The number of methoxy groups -OCH3 is 1. The Morgan fingerprint density at radius 1 is 1.04 bits per heavy atom. The lowest BCUT2D eigenvalue weighted by molar-refractivity contribution is -0.258. The number of pyridine rings is 1. The van der Waals surface area contributed by atoms with Crippen LogP contribution in [-0.2, 0) is 42.9 Å². The molecule has 4 saturated heterocycles. The number of fused-ring (bicyclic) bond motifs is 4. The number of hydrazine groups is 1. The number of esters is 4. The summed E-state index contributed by atoms with van der Waals surface area (Å²) in [5, 5.41) is 4.60. The standard InChI is InChI=1S/C35H45N5O10S/c1-7-22-16-40-13-11-23(22)14-28(40)30(25-10-12-36-27-9-8-24(45-6)15-26(25)27)37-35(51)39-38-34-33(49-21(5)44)32(48-20(4)43)31(47-19(3)42)29(50-34)17-46-18(2)41/h7-10,12,15,22-23,28-34,38H,1,11,13-14,16-17H2,2-6H3,(H2,37,39,51)/t22?,23?,28?,29-,30-,31-,32+,33-,34-/m0/s1. The molecular formula is C35H45N5O10S. The molecule has 16 heteroatoms. The number of nitrogens with zero attached hydrogens (tertiary/aromatic N) is 2. The zero-order valence-corrected chi connectivity index (χ0v) is 30.1. The van der Waals surface area contributed by atoms with Crippen molar-refractivity contribution in [2.75, 3.05) is 26.8 Å². The number of benzene rings is 1. The van der Waals surface area contributed by atoms with Crippen LogP contribution in [0.25, 0.3) is 10.9 Å². The Labute approximate surface area is 301 Å². The van der Waals surface area contributed by atoms with Crippen LogP contribution in [0.4, 0.5) is 0 Å². The van der Waals surface area contributed by atoms with Crippen LogP contribution < -0.4 is 20.9 Å². The first-order valence-electron chi connectivity index (χ1n) is 16.8. The zero-order chi connectivity index (χ0) is 36.8. The Kier molecular flexibility index (Phi) is 12.4. The highest BCUT2D eigenvalue weighted by Crippen LogP contribution is 2.42. The van der Waals surface area contributed by atoms with E-state index in [-0.39, 0.29) is 23.8 Å². The molecule has 4 fully saturated rings. The Bertz CT molecular complexity index is 1640. The van der Waals surface area contributed by atoms with Gasteiger partial charge in [-0.25, -0.2) is 5.43 Å². The van der Waals surface area contributed by atoms with Crippen LogP contribution in [0.5, 0.6) is 5.75 Å². The molecule has 1 aromatic carbocycles. The lowest BCUT2D eigenvalue weighted by Gasteiger charge is -2.52. The van der Waals surface area contributed by atoms with Gasteiger partial charge >= 0.3 is 23.9 Å². The quantitative estimate of drug-likeness (QED) is 0.0953. The number of carbonyl (C=O) groups excluding carboxylic acids is 4. The fourth-order valence-corrected chi connectivity index (χ4v) is 7.49. The molecule has 0 saturated carbocycles. The summed E-state index contributed by atoms with van der Waals surface area (Å²) in [7, 11) is 1.62. The Morgan fingerprint density at radius 3 is 2.37 bits per heavy atom. The summed E-state index contributed by atoms with van der Waals surface area (Å²) in [6.07, 6.45) is -0.463. The van der Waals surface area contributed by atoms with Crippen LogP contribution in [0.1, 0.15) is 52.1 Å². The van der Waals surface area contributed by atoms with E-state index in [1.54, 1.807) is 13.3 Å². The lowest BCUT2D eigenvalue weighted by Crippen LogP contribution is -2.68. The van der Waals surface area contributed by atoms with Crippen LogP contribution in [0.3, 0.4) is 0 Å². The first-order valence-corrected chi connectivity index (χ1v) is 17.2. The SMILES string of the molecule is C=CC1CN2CCC1CC2[C@@H](NC(=S)NN[C@H]1O[C@@H](COC(C)=O)[C@H](OC(C)=O)[C@@H](OC(C)=O)[C@@H]1OC(C)=O)c1ccnc2ccc(OC)cc12. The third kappa shape index (κ3) is 9.11. The number of piperidine rings is 3. The van der Waals surface area contributed by atoms with Crippen molar-refractivity contribution in [3.63, 3.8) is 0 Å². The van der Waals surface area contributed by atoms with Gasteiger partial charge in [0.05, 0.1) is 18.7 Å². The van der Waals surface area contributed by atoms with Gasteiger partial charge in [0.1, 0.15) is 18.5 Å². The van der Waals surface area contributed by atoms with Gasteiger partial charge in [-0.1, -0.05) is 6.08 Å². The number of aromatic nitrogens is 1. The van der Waals surface area contributed by atoms with E-state index in [1.165, 1.54) is 13.8 Å². The number of hydrogen-bond acceptors (Lipinski definition) is 14. The molecule has 10 atom stereocenters. The third-order valence-corrected chi connectivity index (χ3v) is 9.68. The van der Waals surface area contributed by atoms with Crippen molar-refractivity contribution in [2.24, 2.45) is 11.8 Å². The van der Waals surface area contributed by atoms with Crippen molar-refractivity contribution in [1.29, 1.82) is 0 Å². The second-order valence-corrected chi connectivity index (χ2v) is 13.3. The summed E-state index contributed by atoms with van der Waals surface area (Å²) >= 11 is 5.85. The predicted octanol–water partition coefficient (Wildman–Crippen LogP) is 2.23. The molecule has 0 spiro atoms. The van der Waals surface area contributed by atoms with Gasteiger partial charge in [-0.2, -0.15) is 0 Å². The number of thiocarbonyl (C=S) groups is 1. The van der Waals surface area contributed by atoms with Gasteiger partial charge in [-0.05, 0) is 73.3 Å². The van der Waals surface area contributed by atoms with E-state index in [1.807, 2.05) is 30.3 Å². The highest BCUT2D eigenvalue weighted by atomic mass is 32.1. The molecule has 4 unspecified atom stereocenters. The van der Waals surface area contributed by atoms with E-state index in [9.17, 15) is 19.2 Å². The van der Waals surface area contributed by atoms with Gasteiger partial charge < -0.3 is 33.7 Å². The number of hydrogen-bond donors (Lipinski definition) is 3. The maximum absolute atomic E-state index is 12.3. The van der Waals surface area contributed by atoms with Crippen molar-refractivity contribution < 1.29 is 47.6 Å². The topological polar surface area (TPSA) is 176 Å². The summed E-state index contributed by atoms with van der Waals surface area (Å²) in [6, 6.07) is 7.49. The van der Waals surface area contributed by atoms with E-state index >= 15 is 0 Å². The van der Waals surface area contributed by atoms with E-state index < -0.39 is 54.5 Å². The van der Waals surface area contributed by atoms with E-state index in [0.29, 0.717) is 17.6 Å². The van der Waals surface area contributed by atoms with Crippen LogP contribution in [0, 0.1) is 11.8 Å². The van der Waals surface area contributed by atoms with E-state index in [2.05, 4.69) is 32.6 Å². The summed E-state index contributed by atoms with van der Waals surface area (Å²) in [4.78, 5) is 55.4. The van der Waals surface area contributed by atoms with Gasteiger partial charge in [-0.15, -0.1) is 6.58 Å². The summed E-state index contributed by atoms with van der Waals surface area (Å²) < 4.78 is 33.5. The summed E-state index contributed by atoms with van der Waals surface area (Å²) in [5.74, 6) is -1.21. The average molecular weight is 728 g/mol. The minimum absolute atomic E-state index is 0.0715. The molecule has 2 bridgehead atoms. The summed E-state index contributed by atoms with van der Waals surface area (Å²) in [5.41, 5.74) is 7.70. The molecule has 0 aliphatic carbocycles. The number of ether oxygens (including phenoxy) is 6. The molecule has 0 amide bonds.